The largest absolute Gasteiger partial charge is 0.476 e. The van der Waals surface area contributed by atoms with Crippen LogP contribution in [0.1, 0.15) is 16.4 Å². The van der Waals surface area contributed by atoms with Crippen LogP contribution >= 0.6 is 0 Å². The third-order valence-corrected chi connectivity index (χ3v) is 3.77. The summed E-state index contributed by atoms with van der Waals surface area (Å²) in [6.07, 6.45) is 0. The van der Waals surface area contributed by atoms with Crippen LogP contribution in [0.4, 0.5) is 11.7 Å². The predicted octanol–water partition coefficient (Wildman–Crippen LogP) is 0.932. The lowest BCUT2D eigenvalue weighted by atomic mass is 10.4. The van der Waals surface area contributed by atoms with E-state index in [0.717, 1.165) is 25.0 Å². The molecule has 0 saturated carbocycles. The number of rotatable bonds is 7. The highest BCUT2D eigenvalue weighted by Gasteiger charge is 2.17. The summed E-state index contributed by atoms with van der Waals surface area (Å²) < 4.78 is 15.8. The molecule has 1 aliphatic heterocycles. The third kappa shape index (κ3) is 4.91. The van der Waals surface area contributed by atoms with Crippen LogP contribution < -0.4 is 15.0 Å². The number of aryl methyl sites for hydroxylation is 1. The molecule has 144 valence electrons. The fraction of sp³-hybridized carbons (Fsp3) is 0.438. The van der Waals surface area contributed by atoms with Crippen LogP contribution in [-0.2, 0) is 4.74 Å². The normalized spacial score (nSPS) is 14.0. The van der Waals surface area contributed by atoms with E-state index in [1.807, 2.05) is 0 Å². The monoisotopic (exact) mass is 377 g/mol. The molecular weight excluding hydrogens is 358 g/mol. The number of nitro groups is 1. The van der Waals surface area contributed by atoms with Crippen molar-refractivity contribution in [3.63, 3.8) is 0 Å². The van der Waals surface area contributed by atoms with E-state index in [4.69, 9.17) is 13.9 Å². The Morgan fingerprint density at radius 2 is 2.15 bits per heavy atom. The van der Waals surface area contributed by atoms with Gasteiger partial charge in [-0.3, -0.25) is 14.9 Å². The first-order valence-corrected chi connectivity index (χ1v) is 8.36. The molecule has 11 heteroatoms. The quantitative estimate of drug-likeness (QED) is 0.425. The molecule has 0 bridgehead atoms. The molecule has 2 aromatic rings. The fourth-order valence-corrected chi connectivity index (χ4v) is 2.51. The van der Waals surface area contributed by atoms with Crippen molar-refractivity contribution in [2.45, 2.75) is 6.92 Å². The van der Waals surface area contributed by atoms with E-state index in [1.165, 1.54) is 6.07 Å². The first kappa shape index (κ1) is 18.6. The van der Waals surface area contributed by atoms with Crippen LogP contribution in [0.3, 0.4) is 0 Å². The molecule has 1 fully saturated rings. The van der Waals surface area contributed by atoms with E-state index in [2.05, 4.69) is 20.2 Å². The number of aromatic nitrogens is 2. The number of hydrogen-bond acceptors (Lipinski definition) is 9. The number of furan rings is 1. The summed E-state index contributed by atoms with van der Waals surface area (Å²) in [5, 5.41) is 13.1. The van der Waals surface area contributed by atoms with Gasteiger partial charge in [0, 0.05) is 19.2 Å². The number of nitrogens with one attached hydrogen (secondary N) is 1. The fourth-order valence-electron chi connectivity index (χ4n) is 2.51. The Kier molecular flexibility index (Phi) is 5.81. The number of ether oxygens (including phenoxy) is 2. The second kappa shape index (κ2) is 8.45. The van der Waals surface area contributed by atoms with Crippen molar-refractivity contribution in [2.24, 2.45) is 0 Å². The van der Waals surface area contributed by atoms with Gasteiger partial charge in [0.2, 0.25) is 5.88 Å². The molecule has 0 aromatic carbocycles. The van der Waals surface area contributed by atoms with Gasteiger partial charge in [-0.25, -0.2) is 4.98 Å². The van der Waals surface area contributed by atoms with Crippen molar-refractivity contribution in [1.82, 2.24) is 15.3 Å². The van der Waals surface area contributed by atoms with Gasteiger partial charge in [-0.05, 0) is 13.0 Å². The summed E-state index contributed by atoms with van der Waals surface area (Å²) in [7, 11) is 0. The zero-order chi connectivity index (χ0) is 19.2. The molecular formula is C16H19N5O6. The van der Waals surface area contributed by atoms with E-state index < -0.39 is 16.7 Å². The number of amides is 1. The van der Waals surface area contributed by atoms with Gasteiger partial charge in [-0.15, -0.1) is 0 Å². The maximum atomic E-state index is 11.9. The molecule has 27 heavy (non-hydrogen) atoms. The van der Waals surface area contributed by atoms with Gasteiger partial charge in [0.1, 0.15) is 23.2 Å². The highest BCUT2D eigenvalue weighted by atomic mass is 16.6. The van der Waals surface area contributed by atoms with E-state index in [9.17, 15) is 14.9 Å². The van der Waals surface area contributed by atoms with Crippen LogP contribution in [0.5, 0.6) is 5.88 Å². The maximum Gasteiger partial charge on any atom is 0.433 e. The summed E-state index contributed by atoms with van der Waals surface area (Å²) in [5.74, 6) is 0.595. The molecule has 3 heterocycles. The van der Waals surface area contributed by atoms with Gasteiger partial charge in [0.15, 0.2) is 5.76 Å². The predicted molar refractivity (Wildman–Crippen MR) is 93.0 cm³/mol. The van der Waals surface area contributed by atoms with Crippen LogP contribution in [0.15, 0.2) is 22.6 Å². The highest BCUT2D eigenvalue weighted by Crippen LogP contribution is 2.18. The minimum atomic E-state index is -0.705. The zero-order valence-electron chi connectivity index (χ0n) is 14.7. The third-order valence-electron chi connectivity index (χ3n) is 3.77. The molecule has 2 aromatic heterocycles. The second-order valence-electron chi connectivity index (χ2n) is 5.71. The van der Waals surface area contributed by atoms with E-state index >= 15 is 0 Å². The van der Waals surface area contributed by atoms with Gasteiger partial charge in [-0.1, -0.05) is 0 Å². The summed E-state index contributed by atoms with van der Waals surface area (Å²) in [4.78, 5) is 32.5. The molecule has 0 unspecified atom stereocenters. The number of morpholine rings is 1. The van der Waals surface area contributed by atoms with Crippen molar-refractivity contribution in [1.29, 1.82) is 0 Å². The van der Waals surface area contributed by atoms with E-state index in [-0.39, 0.29) is 18.9 Å². The SMILES string of the molecule is Cc1nc(OCCNC(=O)c2ccc([N+](=O)[O-])o2)cc(N2CCOCC2)n1. The smallest absolute Gasteiger partial charge is 0.433 e. The number of nitrogens with zero attached hydrogens (tertiary/aromatic N) is 4. The zero-order valence-corrected chi connectivity index (χ0v) is 14.7. The van der Waals surface area contributed by atoms with E-state index in [1.54, 1.807) is 13.0 Å². The van der Waals surface area contributed by atoms with Gasteiger partial charge >= 0.3 is 5.88 Å². The van der Waals surface area contributed by atoms with Crippen LogP contribution in [0, 0.1) is 17.0 Å². The Morgan fingerprint density at radius 1 is 1.37 bits per heavy atom. The van der Waals surface area contributed by atoms with Crippen molar-refractivity contribution in [3.05, 3.63) is 39.9 Å². The average Bonchev–Trinajstić information content (AvgIpc) is 3.16. The van der Waals surface area contributed by atoms with Gasteiger partial charge in [0.05, 0.1) is 25.8 Å². The average molecular weight is 377 g/mol. The lowest BCUT2D eigenvalue weighted by molar-refractivity contribution is -0.402. The van der Waals surface area contributed by atoms with Crippen molar-refractivity contribution < 1.29 is 23.6 Å². The Balaban J connectivity index is 1.50. The highest BCUT2D eigenvalue weighted by molar-refractivity contribution is 5.91. The first-order chi connectivity index (χ1) is 13.0. The number of anilines is 1. The second-order valence-corrected chi connectivity index (χ2v) is 5.71. The molecule has 1 saturated heterocycles. The van der Waals surface area contributed by atoms with Gasteiger partial charge in [-0.2, -0.15) is 4.98 Å². The van der Waals surface area contributed by atoms with Crippen molar-refractivity contribution in [2.75, 3.05) is 44.4 Å². The van der Waals surface area contributed by atoms with Crippen molar-refractivity contribution >= 4 is 17.6 Å². The minimum Gasteiger partial charge on any atom is -0.476 e. The van der Waals surface area contributed by atoms with Gasteiger partial charge in [0.25, 0.3) is 5.91 Å². The molecule has 1 aliphatic rings. The van der Waals surface area contributed by atoms with E-state index in [0.29, 0.717) is 24.9 Å². The standard InChI is InChI=1S/C16H19N5O6/c1-11-18-13(20-5-8-25-9-6-20)10-14(19-11)26-7-4-17-16(22)12-2-3-15(27-12)21(23)24/h2-3,10H,4-9H2,1H3,(H,17,22). The number of carbonyl (C=O) groups excluding carboxylic acids is 1. The Bertz CT molecular complexity index is 817. The lowest BCUT2D eigenvalue weighted by Gasteiger charge is -2.28. The molecule has 11 nitrogen and oxygen atoms in total. The topological polar surface area (TPSA) is 133 Å². The van der Waals surface area contributed by atoms with Crippen LogP contribution in [0.2, 0.25) is 0 Å². The molecule has 3 rings (SSSR count). The molecule has 1 amide bonds. The number of carbonyl (C=O) groups is 1. The van der Waals surface area contributed by atoms with Crippen LogP contribution in [-0.4, -0.2) is 60.3 Å². The summed E-state index contributed by atoms with van der Waals surface area (Å²) in [6, 6.07) is 4.12. The Labute approximate surface area is 154 Å². The molecule has 1 N–H and O–H groups in total. The summed E-state index contributed by atoms with van der Waals surface area (Å²) in [5.41, 5.74) is 0. The minimum absolute atomic E-state index is 0.130. The Hall–Kier alpha value is -3.21. The van der Waals surface area contributed by atoms with Crippen molar-refractivity contribution in [3.8, 4) is 5.88 Å². The maximum absolute atomic E-state index is 11.9. The Morgan fingerprint density at radius 3 is 2.85 bits per heavy atom. The summed E-state index contributed by atoms with van der Waals surface area (Å²) >= 11 is 0. The molecule has 0 aliphatic carbocycles. The first-order valence-electron chi connectivity index (χ1n) is 8.36. The lowest BCUT2D eigenvalue weighted by Crippen LogP contribution is -2.37. The molecule has 0 radical (unpaired) electrons. The van der Waals surface area contributed by atoms with Crippen LogP contribution in [0.25, 0.3) is 0 Å². The van der Waals surface area contributed by atoms with Gasteiger partial charge < -0.3 is 24.1 Å². The summed E-state index contributed by atoms with van der Waals surface area (Å²) in [6.45, 7) is 4.94. The number of hydrogen-bond donors (Lipinski definition) is 1. The molecule has 0 spiro atoms. The molecule has 0 atom stereocenters.